The van der Waals surface area contributed by atoms with Gasteiger partial charge in [-0.3, -0.25) is 0 Å². The maximum atomic E-state index is 10.7. The molecule has 1 atom stereocenters. The van der Waals surface area contributed by atoms with E-state index < -0.39 is 104 Å². The molecule has 0 saturated carbocycles. The molecular formula is C25H37NO4. The number of aliphatic hydroxyl groups excluding tert-OH is 1. The molecule has 0 saturated heterocycles. The molecule has 166 valence electrons. The summed E-state index contributed by atoms with van der Waals surface area (Å²) in [6.07, 6.45) is -13.0. The van der Waals surface area contributed by atoms with Crippen molar-refractivity contribution in [2.75, 3.05) is 26.2 Å². The topological polar surface area (TPSA) is 82.0 Å². The van der Waals surface area contributed by atoms with Gasteiger partial charge in [0.25, 0.3) is 0 Å². The Morgan fingerprint density at radius 1 is 1.10 bits per heavy atom. The fourth-order valence-electron chi connectivity index (χ4n) is 2.21. The van der Waals surface area contributed by atoms with E-state index in [1.165, 1.54) is 0 Å². The SMILES string of the molecule is [2H]c1cc([2H])c(C([2H])([2H])C([2H])([2H])C([2H])([2H])C([2H])([2H])OCCCCCCNC([2H])([2H])C([2H])(O)c2c([2H])c([2H])c(O)c(CO)c2[2H])c([2H])c1. The summed E-state index contributed by atoms with van der Waals surface area (Å²) in [7, 11) is 0. The van der Waals surface area contributed by atoms with E-state index in [0.29, 0.717) is 12.8 Å². The van der Waals surface area contributed by atoms with E-state index in [-0.39, 0.29) is 25.4 Å². The molecule has 30 heavy (non-hydrogen) atoms. The number of hydrogen-bond donors (Lipinski definition) is 4. The number of aromatic hydroxyl groups is 1. The van der Waals surface area contributed by atoms with Gasteiger partial charge in [-0.25, -0.2) is 0 Å². The smallest absolute Gasteiger partial charge is 0.121 e. The van der Waals surface area contributed by atoms with Gasteiger partial charge in [0, 0.05) is 36.2 Å². The number of ether oxygens (including phenoxy) is 1. The Labute approximate surface area is 204 Å². The van der Waals surface area contributed by atoms with Crippen molar-refractivity contribution in [3.8, 4) is 5.75 Å². The summed E-state index contributed by atoms with van der Waals surface area (Å²) in [5, 5.41) is 32.3. The van der Waals surface area contributed by atoms with Crippen molar-refractivity contribution in [2.45, 2.75) is 57.5 Å². The minimum Gasteiger partial charge on any atom is -0.508 e. The van der Waals surface area contributed by atoms with Gasteiger partial charge >= 0.3 is 0 Å². The molecular weight excluding hydrogens is 378 g/mol. The maximum Gasteiger partial charge on any atom is 0.121 e. The zero-order valence-electron chi connectivity index (χ0n) is 33.4. The summed E-state index contributed by atoms with van der Waals surface area (Å²) < 4.78 is 142. The van der Waals surface area contributed by atoms with E-state index in [1.807, 2.05) is 0 Å². The third-order valence-corrected chi connectivity index (χ3v) is 3.74. The van der Waals surface area contributed by atoms with Gasteiger partial charge in [-0.2, -0.15) is 0 Å². The molecule has 0 bridgehead atoms. The molecule has 5 heteroatoms. The van der Waals surface area contributed by atoms with Gasteiger partial charge in [0.15, 0.2) is 0 Å². The summed E-state index contributed by atoms with van der Waals surface area (Å²) in [6, 6.07) is -2.77. The van der Waals surface area contributed by atoms with Crippen molar-refractivity contribution in [3.05, 3.63) is 65.1 Å². The van der Waals surface area contributed by atoms with Gasteiger partial charge < -0.3 is 25.4 Å². The normalized spacial score (nSPS) is 23.9. The van der Waals surface area contributed by atoms with Crippen LogP contribution in [0.5, 0.6) is 5.75 Å². The van der Waals surface area contributed by atoms with Crippen molar-refractivity contribution < 1.29 is 43.4 Å². The standard InChI is InChI=1S/C25H37NO4/c27-20-23-18-22(13-14-24(23)28)25(29)19-26-15-7-1-2-8-16-30-17-9-6-12-21-10-4-3-5-11-21/h3-5,10-11,13-14,18,25-29H,1-2,6-9,12,15-17,19-20H2/i3D,6D2,9D2,10D,11D,12D2,13D,14D,17D2,18D,19D2,25D. The van der Waals surface area contributed by atoms with Crippen molar-refractivity contribution in [1.82, 2.24) is 5.32 Å². The fraction of sp³-hybridized carbons (Fsp3) is 0.520. The predicted molar refractivity (Wildman–Crippen MR) is 121 cm³/mol. The second-order valence-corrected chi connectivity index (χ2v) is 5.99. The lowest BCUT2D eigenvalue weighted by Gasteiger charge is -2.14. The number of nitrogens with one attached hydrogen (secondary N) is 1. The van der Waals surface area contributed by atoms with Crippen LogP contribution in [-0.2, 0) is 17.7 Å². The fourth-order valence-corrected chi connectivity index (χ4v) is 2.21. The van der Waals surface area contributed by atoms with Gasteiger partial charge in [0.2, 0.25) is 0 Å². The Morgan fingerprint density at radius 3 is 2.70 bits per heavy atom. The quantitative estimate of drug-likeness (QED) is 0.300. The van der Waals surface area contributed by atoms with E-state index in [4.69, 9.17) is 28.0 Å². The second kappa shape index (κ2) is 15.0. The van der Waals surface area contributed by atoms with Crippen molar-refractivity contribution in [1.29, 1.82) is 0 Å². The van der Waals surface area contributed by atoms with E-state index in [2.05, 4.69) is 5.32 Å². The molecule has 2 aromatic rings. The maximum absolute atomic E-state index is 10.7. The third kappa shape index (κ3) is 9.72. The molecule has 2 rings (SSSR count). The molecule has 0 aromatic heterocycles. The van der Waals surface area contributed by atoms with E-state index >= 15 is 0 Å². The number of aliphatic hydroxyl groups is 2. The first kappa shape index (κ1) is 9.70. The highest BCUT2D eigenvalue weighted by Crippen LogP contribution is 2.22. The van der Waals surface area contributed by atoms with Crippen LogP contribution in [0.15, 0.2) is 48.4 Å². The highest BCUT2D eigenvalue weighted by molar-refractivity contribution is 5.36. The van der Waals surface area contributed by atoms with Crippen molar-refractivity contribution >= 4 is 0 Å². The molecule has 0 fully saturated rings. The molecule has 0 heterocycles. The summed E-state index contributed by atoms with van der Waals surface area (Å²) >= 11 is 0. The van der Waals surface area contributed by atoms with Crippen LogP contribution in [-0.4, -0.2) is 41.5 Å². The molecule has 1 unspecified atom stereocenters. The molecule has 4 N–H and O–H groups in total. The van der Waals surface area contributed by atoms with E-state index in [9.17, 15) is 15.3 Å². The van der Waals surface area contributed by atoms with E-state index in [1.54, 1.807) is 0 Å². The van der Waals surface area contributed by atoms with Crippen molar-refractivity contribution in [2.24, 2.45) is 0 Å². The Morgan fingerprint density at radius 2 is 1.90 bits per heavy atom. The average molecular weight is 433 g/mol. The first-order valence-corrected chi connectivity index (χ1v) is 9.37. The van der Waals surface area contributed by atoms with Crippen LogP contribution < -0.4 is 5.32 Å². The van der Waals surface area contributed by atoms with Crippen LogP contribution >= 0.6 is 0 Å². The number of hydrogen-bond acceptors (Lipinski definition) is 5. The Kier molecular flexibility index (Phi) is 4.84. The molecule has 0 radical (unpaired) electrons. The first-order valence-electron chi connectivity index (χ1n) is 17.9. The van der Waals surface area contributed by atoms with Crippen LogP contribution in [0.1, 0.15) is 84.5 Å². The molecule has 2 aromatic carbocycles. The predicted octanol–water partition coefficient (Wildman–Crippen LogP) is 4.11. The molecule has 0 amide bonds. The molecule has 0 aliphatic carbocycles. The van der Waals surface area contributed by atoms with Crippen LogP contribution in [0, 0.1) is 0 Å². The highest BCUT2D eigenvalue weighted by atomic mass is 16.5. The minimum atomic E-state index is -3.66. The molecule has 0 aliphatic rings. The number of rotatable bonds is 16. The summed E-state index contributed by atoms with van der Waals surface area (Å²) in [6.45, 7) is -7.90. The number of phenols is 1. The molecule has 0 spiro atoms. The lowest BCUT2D eigenvalue weighted by molar-refractivity contribution is 0.126. The third-order valence-electron chi connectivity index (χ3n) is 3.74. The Balaban J connectivity index is 1.99. The van der Waals surface area contributed by atoms with Crippen LogP contribution in [0.2, 0.25) is 0 Å². The van der Waals surface area contributed by atoms with Crippen LogP contribution in [0.3, 0.4) is 0 Å². The van der Waals surface area contributed by atoms with Crippen LogP contribution in [0.4, 0.5) is 0 Å². The first-order chi connectivity index (χ1) is 21.2. The van der Waals surface area contributed by atoms with Crippen molar-refractivity contribution in [3.63, 3.8) is 0 Å². The largest absolute Gasteiger partial charge is 0.508 e. The zero-order chi connectivity index (χ0) is 36.6. The summed E-state index contributed by atoms with van der Waals surface area (Å²) in [5.74, 6) is -0.898. The number of unbranched alkanes of at least 4 members (excludes halogenated alkanes) is 3. The number of benzene rings is 2. The van der Waals surface area contributed by atoms with Gasteiger partial charge in [0.05, 0.1) is 25.0 Å². The summed E-state index contributed by atoms with van der Waals surface area (Å²) in [4.78, 5) is 0. The average Bonchev–Trinajstić information content (AvgIpc) is 2.92. The monoisotopic (exact) mass is 432 g/mol. The second-order valence-electron chi connectivity index (χ2n) is 5.99. The molecule has 5 nitrogen and oxygen atoms in total. The van der Waals surface area contributed by atoms with Gasteiger partial charge in [-0.15, -0.1) is 0 Å². The Hall–Kier alpha value is -1.92. The van der Waals surface area contributed by atoms with Crippen LogP contribution in [0.25, 0.3) is 0 Å². The zero-order valence-corrected chi connectivity index (χ0v) is 16.4. The van der Waals surface area contributed by atoms with Gasteiger partial charge in [0.1, 0.15) is 5.75 Å². The summed E-state index contributed by atoms with van der Waals surface area (Å²) in [5.41, 5.74) is -2.34. The minimum absolute atomic E-state index is 0.105. The Bertz CT molecular complexity index is 1410. The highest BCUT2D eigenvalue weighted by Gasteiger charge is 2.09. The van der Waals surface area contributed by atoms with Gasteiger partial charge in [-0.1, -0.05) is 49.1 Å². The lowest BCUT2D eigenvalue weighted by Crippen LogP contribution is -2.22. The molecule has 0 aliphatic heterocycles. The van der Waals surface area contributed by atoms with E-state index in [0.717, 1.165) is 12.1 Å². The lowest BCUT2D eigenvalue weighted by atomic mass is 10.1. The van der Waals surface area contributed by atoms with Gasteiger partial charge in [-0.05, 0) is 61.7 Å².